The molecule has 4 heteroatoms. The van der Waals surface area contributed by atoms with Crippen molar-refractivity contribution in [3.05, 3.63) is 22.7 Å². The van der Waals surface area contributed by atoms with Crippen LogP contribution in [0.3, 0.4) is 0 Å². The minimum atomic E-state index is 1.14. The van der Waals surface area contributed by atoms with Crippen LogP contribution in [0.15, 0.2) is 27.6 Å². The molecule has 0 atom stereocenters. The van der Waals surface area contributed by atoms with Crippen molar-refractivity contribution >= 4 is 33.6 Å². The molecule has 0 radical (unpaired) electrons. The first-order valence-electron chi connectivity index (χ1n) is 3.63. The Kier molecular flexibility index (Phi) is 2.06. The van der Waals surface area contributed by atoms with Gasteiger partial charge in [-0.25, -0.2) is 0 Å². The third-order valence-corrected chi connectivity index (χ3v) is 3.45. The molecule has 2 nitrogen and oxygen atoms in total. The van der Waals surface area contributed by atoms with Crippen molar-refractivity contribution in [1.29, 1.82) is 0 Å². The number of rotatable bonds is 0. The molecular weight excluding hydrogens is 236 g/mol. The Balaban J connectivity index is 2.47. The lowest BCUT2D eigenvalue weighted by Gasteiger charge is -2.19. The van der Waals surface area contributed by atoms with Crippen molar-refractivity contribution in [3.63, 3.8) is 0 Å². The van der Waals surface area contributed by atoms with Gasteiger partial charge in [-0.2, -0.15) is 4.41 Å². The van der Waals surface area contributed by atoms with Crippen LogP contribution in [-0.2, 0) is 0 Å². The number of hydrazine groups is 1. The van der Waals surface area contributed by atoms with E-state index in [0.29, 0.717) is 0 Å². The molecule has 0 spiro atoms. The van der Waals surface area contributed by atoms with E-state index in [9.17, 15) is 0 Å². The van der Waals surface area contributed by atoms with Gasteiger partial charge in [-0.05, 0) is 30.1 Å². The number of hydrogen-bond acceptors (Lipinski definition) is 3. The molecule has 0 aliphatic carbocycles. The zero-order chi connectivity index (χ0) is 8.72. The van der Waals surface area contributed by atoms with Crippen LogP contribution in [0.1, 0.15) is 0 Å². The summed E-state index contributed by atoms with van der Waals surface area (Å²) >= 11 is 5.20. The summed E-state index contributed by atoms with van der Waals surface area (Å²) in [5.74, 6) is 0. The van der Waals surface area contributed by atoms with Gasteiger partial charge in [0.2, 0.25) is 0 Å². The lowest BCUT2D eigenvalue weighted by Crippen LogP contribution is -2.25. The Hall–Kier alpha value is -0.190. The molecule has 2 rings (SSSR count). The maximum Gasteiger partial charge on any atom is 0.0678 e. The average Bonchev–Trinajstić information content (AvgIpc) is 2.28. The Bertz CT molecular complexity index is 316. The summed E-state index contributed by atoms with van der Waals surface area (Å²) in [5.41, 5.74) is 1.27. The Labute approximate surface area is 84.8 Å². The molecule has 1 heterocycles. The Morgan fingerprint density at radius 1 is 1.33 bits per heavy atom. The highest BCUT2D eigenvalue weighted by molar-refractivity contribution is 9.10. The van der Waals surface area contributed by atoms with E-state index >= 15 is 0 Å². The first-order valence-corrected chi connectivity index (χ1v) is 5.20. The van der Waals surface area contributed by atoms with Crippen LogP contribution >= 0.6 is 27.9 Å². The molecule has 1 aliphatic rings. The fraction of sp³-hybridized carbons (Fsp3) is 0.250. The van der Waals surface area contributed by atoms with E-state index in [1.807, 2.05) is 0 Å². The van der Waals surface area contributed by atoms with Gasteiger partial charge in [0, 0.05) is 18.6 Å². The van der Waals surface area contributed by atoms with Gasteiger partial charge in [-0.3, -0.25) is 5.01 Å². The summed E-state index contributed by atoms with van der Waals surface area (Å²) in [7, 11) is 4.12. The van der Waals surface area contributed by atoms with E-state index in [1.165, 1.54) is 10.6 Å². The summed E-state index contributed by atoms with van der Waals surface area (Å²) in [5, 5.41) is 2.13. The number of fused-ring (bicyclic) bond motifs is 1. The first-order chi connectivity index (χ1) is 5.68. The monoisotopic (exact) mass is 244 g/mol. The van der Waals surface area contributed by atoms with Gasteiger partial charge in [0.1, 0.15) is 0 Å². The van der Waals surface area contributed by atoms with Gasteiger partial charge in [-0.1, -0.05) is 15.9 Å². The Morgan fingerprint density at radius 3 is 2.83 bits per heavy atom. The quantitative estimate of drug-likeness (QED) is 0.649. The molecule has 0 aromatic heterocycles. The molecule has 64 valence electrons. The molecule has 0 N–H and O–H groups in total. The second-order valence-electron chi connectivity index (χ2n) is 2.69. The number of nitrogens with zero attached hydrogens (tertiary/aromatic N) is 2. The topological polar surface area (TPSA) is 6.48 Å². The van der Waals surface area contributed by atoms with Gasteiger partial charge in [-0.15, -0.1) is 0 Å². The molecule has 1 aliphatic heterocycles. The number of hydrogen-bond donors (Lipinski definition) is 0. The minimum Gasteiger partial charge on any atom is -0.298 e. The van der Waals surface area contributed by atoms with E-state index in [2.05, 4.69) is 57.6 Å². The molecule has 0 amide bonds. The lowest BCUT2D eigenvalue weighted by molar-refractivity contribution is 0.567. The SMILES string of the molecule is CN1Sc2cc(Br)ccc2N1C. The van der Waals surface area contributed by atoms with Crippen LogP contribution in [0.2, 0.25) is 0 Å². The zero-order valence-electron chi connectivity index (χ0n) is 6.91. The van der Waals surface area contributed by atoms with Crippen LogP contribution in [-0.4, -0.2) is 18.5 Å². The van der Waals surface area contributed by atoms with Crippen molar-refractivity contribution < 1.29 is 0 Å². The Morgan fingerprint density at radius 2 is 2.08 bits per heavy atom. The molecule has 1 aromatic carbocycles. The molecule has 0 saturated carbocycles. The fourth-order valence-electron chi connectivity index (χ4n) is 1.18. The van der Waals surface area contributed by atoms with Gasteiger partial charge >= 0.3 is 0 Å². The van der Waals surface area contributed by atoms with Gasteiger partial charge < -0.3 is 0 Å². The highest BCUT2D eigenvalue weighted by atomic mass is 79.9. The van der Waals surface area contributed by atoms with E-state index in [4.69, 9.17) is 0 Å². The van der Waals surface area contributed by atoms with E-state index < -0.39 is 0 Å². The molecule has 12 heavy (non-hydrogen) atoms. The normalized spacial score (nSPS) is 16.8. The van der Waals surface area contributed by atoms with Crippen LogP contribution in [0.25, 0.3) is 0 Å². The third kappa shape index (κ3) is 1.24. The molecule has 1 aromatic rings. The predicted octanol–water partition coefficient (Wildman–Crippen LogP) is 2.75. The number of benzene rings is 1. The van der Waals surface area contributed by atoms with E-state index in [1.54, 1.807) is 11.9 Å². The van der Waals surface area contributed by atoms with E-state index in [0.717, 1.165) is 4.47 Å². The highest BCUT2D eigenvalue weighted by Gasteiger charge is 2.21. The second kappa shape index (κ2) is 2.94. The number of anilines is 1. The number of halogens is 1. The summed E-state index contributed by atoms with van der Waals surface area (Å²) in [4.78, 5) is 1.30. The summed E-state index contributed by atoms with van der Waals surface area (Å²) in [6.07, 6.45) is 0. The van der Waals surface area contributed by atoms with Crippen LogP contribution in [0, 0.1) is 0 Å². The van der Waals surface area contributed by atoms with Crippen LogP contribution in [0.5, 0.6) is 0 Å². The maximum atomic E-state index is 3.45. The maximum absolute atomic E-state index is 3.45. The minimum absolute atomic E-state index is 1.14. The zero-order valence-corrected chi connectivity index (χ0v) is 9.32. The summed E-state index contributed by atoms with van der Waals surface area (Å²) in [6.45, 7) is 0. The third-order valence-electron chi connectivity index (χ3n) is 1.92. The standard InChI is InChI=1S/C8H9BrN2S/c1-10-7-4-3-6(9)5-8(7)12-11(10)2/h3-5H,1-2H3. The van der Waals surface area contributed by atoms with Crippen molar-refractivity contribution in [2.75, 3.05) is 19.1 Å². The smallest absolute Gasteiger partial charge is 0.0678 e. The molecular formula is C8H9BrN2S. The second-order valence-corrected chi connectivity index (χ2v) is 4.76. The van der Waals surface area contributed by atoms with Crippen molar-refractivity contribution in [1.82, 2.24) is 4.41 Å². The summed E-state index contributed by atoms with van der Waals surface area (Å²) in [6, 6.07) is 6.32. The van der Waals surface area contributed by atoms with Crippen LogP contribution in [0.4, 0.5) is 5.69 Å². The van der Waals surface area contributed by atoms with Crippen molar-refractivity contribution in [2.45, 2.75) is 4.90 Å². The average molecular weight is 245 g/mol. The molecule has 0 fully saturated rings. The van der Waals surface area contributed by atoms with Gasteiger partial charge in [0.05, 0.1) is 10.6 Å². The fourth-order valence-corrected chi connectivity index (χ4v) is 2.66. The molecule has 0 unspecified atom stereocenters. The van der Waals surface area contributed by atoms with Gasteiger partial charge in [0.15, 0.2) is 0 Å². The van der Waals surface area contributed by atoms with E-state index in [-0.39, 0.29) is 0 Å². The molecule has 0 bridgehead atoms. The van der Waals surface area contributed by atoms with Crippen molar-refractivity contribution in [2.24, 2.45) is 0 Å². The largest absolute Gasteiger partial charge is 0.298 e. The van der Waals surface area contributed by atoms with Gasteiger partial charge in [0.25, 0.3) is 0 Å². The van der Waals surface area contributed by atoms with Crippen LogP contribution < -0.4 is 5.01 Å². The highest BCUT2D eigenvalue weighted by Crippen LogP contribution is 2.41. The predicted molar refractivity (Wildman–Crippen MR) is 56.2 cm³/mol. The molecule has 0 saturated heterocycles. The summed E-state index contributed by atoms with van der Waals surface area (Å²) < 4.78 is 3.24. The van der Waals surface area contributed by atoms with Crippen molar-refractivity contribution in [3.8, 4) is 0 Å². The lowest BCUT2D eigenvalue weighted by atomic mass is 10.3. The first kappa shape index (κ1) is 8.41.